The van der Waals surface area contributed by atoms with Crippen molar-refractivity contribution in [3.05, 3.63) is 41.6 Å². The van der Waals surface area contributed by atoms with Crippen molar-refractivity contribution < 1.29 is 0 Å². The molecule has 0 aliphatic heterocycles. The number of pyridine rings is 1. The van der Waals surface area contributed by atoms with Crippen molar-refractivity contribution in [3.63, 3.8) is 0 Å². The molecule has 0 amide bonds. The quantitative estimate of drug-likeness (QED) is 0.639. The first-order valence-electron chi connectivity index (χ1n) is 6.30. The summed E-state index contributed by atoms with van der Waals surface area (Å²) in [7, 11) is 0. The number of hydrogen-bond donors (Lipinski definition) is 1. The number of rotatable bonds is 5. The zero-order chi connectivity index (χ0) is 12.8. The van der Waals surface area contributed by atoms with E-state index in [2.05, 4.69) is 40.5 Å². The van der Waals surface area contributed by atoms with Crippen LogP contribution in [0.4, 0.5) is 0 Å². The van der Waals surface area contributed by atoms with Crippen molar-refractivity contribution in [3.8, 4) is 12.3 Å². The second-order valence-corrected chi connectivity index (χ2v) is 4.42. The van der Waals surface area contributed by atoms with E-state index in [-0.39, 0.29) is 0 Å². The minimum atomic E-state index is 0.836. The third-order valence-corrected chi connectivity index (χ3v) is 2.92. The summed E-state index contributed by atoms with van der Waals surface area (Å²) in [6.07, 6.45) is 7.09. The molecule has 0 saturated heterocycles. The fourth-order valence-corrected chi connectivity index (χ4v) is 2.08. The van der Waals surface area contributed by atoms with Crippen molar-refractivity contribution in [2.45, 2.75) is 26.3 Å². The number of unbranched alkanes of at least 4 members (excludes halogenated alkanes) is 1. The molecule has 0 unspecified atom stereocenters. The SMILES string of the molecule is C#CCCCNCc1cc(C)nc2ccccc12. The van der Waals surface area contributed by atoms with Crippen LogP contribution < -0.4 is 5.32 Å². The van der Waals surface area contributed by atoms with Gasteiger partial charge in [0.15, 0.2) is 0 Å². The second kappa shape index (κ2) is 6.18. The van der Waals surface area contributed by atoms with Gasteiger partial charge in [0.1, 0.15) is 0 Å². The number of nitrogens with one attached hydrogen (secondary N) is 1. The van der Waals surface area contributed by atoms with Crippen molar-refractivity contribution >= 4 is 10.9 Å². The van der Waals surface area contributed by atoms with Gasteiger partial charge in [0.05, 0.1) is 5.52 Å². The maximum atomic E-state index is 5.23. The highest BCUT2D eigenvalue weighted by molar-refractivity contribution is 5.82. The van der Waals surface area contributed by atoms with E-state index < -0.39 is 0 Å². The summed E-state index contributed by atoms with van der Waals surface area (Å²) in [5.41, 5.74) is 3.44. The van der Waals surface area contributed by atoms with Crippen LogP contribution in [0.2, 0.25) is 0 Å². The van der Waals surface area contributed by atoms with Crippen molar-refractivity contribution in [2.75, 3.05) is 6.54 Å². The Labute approximate surface area is 108 Å². The summed E-state index contributed by atoms with van der Waals surface area (Å²) in [4.78, 5) is 4.54. The van der Waals surface area contributed by atoms with Gasteiger partial charge in [-0.1, -0.05) is 18.2 Å². The Bertz CT molecular complexity index is 567. The van der Waals surface area contributed by atoms with E-state index in [4.69, 9.17) is 6.42 Å². The van der Waals surface area contributed by atoms with Gasteiger partial charge in [-0.25, -0.2) is 0 Å². The highest BCUT2D eigenvalue weighted by Crippen LogP contribution is 2.17. The Morgan fingerprint density at radius 3 is 3.00 bits per heavy atom. The van der Waals surface area contributed by atoms with Crippen molar-refractivity contribution in [1.82, 2.24) is 10.3 Å². The fraction of sp³-hybridized carbons (Fsp3) is 0.312. The number of hydrogen-bond acceptors (Lipinski definition) is 2. The highest BCUT2D eigenvalue weighted by atomic mass is 14.8. The normalized spacial score (nSPS) is 10.4. The Morgan fingerprint density at radius 2 is 2.17 bits per heavy atom. The number of fused-ring (bicyclic) bond motifs is 1. The lowest BCUT2D eigenvalue weighted by atomic mass is 10.1. The van der Waals surface area contributed by atoms with Crippen molar-refractivity contribution in [1.29, 1.82) is 0 Å². The molecule has 2 rings (SSSR count). The molecule has 0 spiro atoms. The molecule has 0 fully saturated rings. The van der Waals surface area contributed by atoms with E-state index in [1.165, 1.54) is 10.9 Å². The lowest BCUT2D eigenvalue weighted by Gasteiger charge is -2.08. The Balaban J connectivity index is 2.10. The van der Waals surface area contributed by atoms with Crippen LogP contribution in [0.15, 0.2) is 30.3 Å². The van der Waals surface area contributed by atoms with Gasteiger partial charge >= 0.3 is 0 Å². The van der Waals surface area contributed by atoms with Crippen LogP contribution in [0.25, 0.3) is 10.9 Å². The molecule has 92 valence electrons. The molecule has 0 radical (unpaired) electrons. The van der Waals surface area contributed by atoms with Gasteiger partial charge in [0, 0.05) is 24.0 Å². The van der Waals surface area contributed by atoms with Gasteiger partial charge in [-0.15, -0.1) is 12.3 Å². The maximum Gasteiger partial charge on any atom is 0.0708 e. The van der Waals surface area contributed by atoms with Crippen molar-refractivity contribution in [2.24, 2.45) is 0 Å². The second-order valence-electron chi connectivity index (χ2n) is 4.42. The topological polar surface area (TPSA) is 24.9 Å². The molecule has 0 saturated carbocycles. The Hall–Kier alpha value is -1.85. The minimum absolute atomic E-state index is 0.836. The zero-order valence-corrected chi connectivity index (χ0v) is 10.7. The molecule has 1 aromatic carbocycles. The number of aryl methyl sites for hydroxylation is 1. The first-order valence-corrected chi connectivity index (χ1v) is 6.30. The Morgan fingerprint density at radius 1 is 1.33 bits per heavy atom. The Kier molecular flexibility index (Phi) is 4.33. The van der Waals surface area contributed by atoms with Crippen LogP contribution >= 0.6 is 0 Å². The molecule has 1 N–H and O–H groups in total. The van der Waals surface area contributed by atoms with E-state index in [9.17, 15) is 0 Å². The van der Waals surface area contributed by atoms with Gasteiger partial charge in [-0.2, -0.15) is 0 Å². The number of benzene rings is 1. The summed E-state index contributed by atoms with van der Waals surface area (Å²) >= 11 is 0. The van der Waals surface area contributed by atoms with Gasteiger partial charge in [0.2, 0.25) is 0 Å². The predicted molar refractivity (Wildman–Crippen MR) is 76.3 cm³/mol. The van der Waals surface area contributed by atoms with Crippen LogP contribution in [0, 0.1) is 19.3 Å². The predicted octanol–water partition coefficient (Wildman–Crippen LogP) is 3.05. The largest absolute Gasteiger partial charge is 0.313 e. The number of nitrogens with zero attached hydrogens (tertiary/aromatic N) is 1. The summed E-state index contributed by atoms with van der Waals surface area (Å²) in [6, 6.07) is 10.4. The lowest BCUT2D eigenvalue weighted by Crippen LogP contribution is -2.15. The summed E-state index contributed by atoms with van der Waals surface area (Å²) in [5, 5.41) is 4.66. The van der Waals surface area contributed by atoms with Gasteiger partial charge in [-0.05, 0) is 37.6 Å². The third-order valence-electron chi connectivity index (χ3n) is 2.92. The molecular weight excluding hydrogens is 220 g/mol. The van der Waals surface area contributed by atoms with Gasteiger partial charge < -0.3 is 5.32 Å². The van der Waals surface area contributed by atoms with Crippen LogP contribution in [0.3, 0.4) is 0 Å². The highest BCUT2D eigenvalue weighted by Gasteiger charge is 2.02. The standard InChI is InChI=1S/C16H18N2/c1-3-4-7-10-17-12-14-11-13(2)18-16-9-6-5-8-15(14)16/h1,5-6,8-9,11,17H,4,7,10,12H2,2H3. The average molecular weight is 238 g/mol. The number of para-hydroxylation sites is 1. The van der Waals surface area contributed by atoms with E-state index in [0.29, 0.717) is 0 Å². The van der Waals surface area contributed by atoms with Crippen LogP contribution in [0.1, 0.15) is 24.1 Å². The minimum Gasteiger partial charge on any atom is -0.313 e. The summed E-state index contributed by atoms with van der Waals surface area (Å²) in [5.74, 6) is 2.66. The van der Waals surface area contributed by atoms with E-state index >= 15 is 0 Å². The molecule has 2 aromatic rings. The van der Waals surface area contributed by atoms with E-state index in [0.717, 1.165) is 37.1 Å². The molecular formula is C16H18N2. The van der Waals surface area contributed by atoms with E-state index in [1.807, 2.05) is 13.0 Å². The zero-order valence-electron chi connectivity index (χ0n) is 10.7. The smallest absolute Gasteiger partial charge is 0.0708 e. The molecule has 1 heterocycles. The first kappa shape index (κ1) is 12.6. The number of aromatic nitrogens is 1. The summed E-state index contributed by atoms with van der Waals surface area (Å²) < 4.78 is 0. The lowest BCUT2D eigenvalue weighted by molar-refractivity contribution is 0.661. The molecule has 0 aliphatic carbocycles. The molecule has 2 heteroatoms. The molecule has 0 atom stereocenters. The van der Waals surface area contributed by atoms with Gasteiger partial charge in [-0.3, -0.25) is 4.98 Å². The molecule has 1 aromatic heterocycles. The molecule has 0 bridgehead atoms. The molecule has 0 aliphatic rings. The molecule has 18 heavy (non-hydrogen) atoms. The maximum absolute atomic E-state index is 5.23. The monoisotopic (exact) mass is 238 g/mol. The summed E-state index contributed by atoms with van der Waals surface area (Å²) in [6.45, 7) is 3.86. The molecule has 2 nitrogen and oxygen atoms in total. The average Bonchev–Trinajstić information content (AvgIpc) is 2.38. The van der Waals surface area contributed by atoms with Gasteiger partial charge in [0.25, 0.3) is 0 Å². The van der Waals surface area contributed by atoms with Crippen LogP contribution in [0.5, 0.6) is 0 Å². The fourth-order valence-electron chi connectivity index (χ4n) is 2.08. The number of terminal acetylenes is 1. The third kappa shape index (κ3) is 3.09. The first-order chi connectivity index (χ1) is 8.81. The van der Waals surface area contributed by atoms with Crippen LogP contribution in [-0.2, 0) is 6.54 Å². The van der Waals surface area contributed by atoms with Crippen LogP contribution in [-0.4, -0.2) is 11.5 Å². The van der Waals surface area contributed by atoms with E-state index in [1.54, 1.807) is 0 Å².